The maximum Gasteiger partial charge on any atom is 0.329 e. The Labute approximate surface area is 159 Å². The minimum absolute atomic E-state index is 0.0860. The molecule has 5 nitrogen and oxygen atoms in total. The van der Waals surface area contributed by atoms with Gasteiger partial charge in [-0.3, -0.25) is 9.59 Å². The molecule has 1 aliphatic rings. The zero-order chi connectivity index (χ0) is 19.5. The number of rotatable bonds is 6. The van der Waals surface area contributed by atoms with E-state index in [-0.39, 0.29) is 13.0 Å². The highest BCUT2D eigenvalue weighted by molar-refractivity contribution is 8.00. The second-order valence-electron chi connectivity index (χ2n) is 7.55. The molecule has 1 amide bonds. The van der Waals surface area contributed by atoms with Gasteiger partial charge in [-0.25, -0.2) is 4.79 Å². The third-order valence-electron chi connectivity index (χ3n) is 4.66. The first kappa shape index (κ1) is 20.5. The number of hydrogen-bond acceptors (Lipinski definition) is 5. The van der Waals surface area contributed by atoms with E-state index in [1.165, 1.54) is 16.7 Å². The second-order valence-corrected chi connectivity index (χ2v) is 9.17. The summed E-state index contributed by atoms with van der Waals surface area (Å²) in [6.07, 6.45) is 0.0860. The number of Topliss-reactive ketones (excluding diaryl/α,β-unsaturated/α-hetero) is 1. The number of ketones is 1. The van der Waals surface area contributed by atoms with Crippen LogP contribution in [0.25, 0.3) is 0 Å². The van der Waals surface area contributed by atoms with Crippen molar-refractivity contribution in [1.29, 1.82) is 0 Å². The standard InChI is InChI=1S/C20H27NO4S/c1-6-25-18(24)15-13-26-20(4,5)21(15)17(23)16(22)12-19(2,3)14-10-8-7-9-11-14/h7-11,15H,6,12-13H2,1-5H3/t15-/m0/s1. The average Bonchev–Trinajstić information content (AvgIpc) is 2.90. The predicted octanol–water partition coefficient (Wildman–Crippen LogP) is 3.17. The topological polar surface area (TPSA) is 63.7 Å². The van der Waals surface area contributed by atoms with E-state index < -0.39 is 34.0 Å². The van der Waals surface area contributed by atoms with Gasteiger partial charge in [0.2, 0.25) is 5.78 Å². The lowest BCUT2D eigenvalue weighted by Gasteiger charge is -2.34. The van der Waals surface area contributed by atoms with Gasteiger partial charge in [0.15, 0.2) is 0 Å². The summed E-state index contributed by atoms with van der Waals surface area (Å²) in [5, 5.41) is 0. The van der Waals surface area contributed by atoms with Crippen LogP contribution >= 0.6 is 11.8 Å². The molecule has 142 valence electrons. The van der Waals surface area contributed by atoms with Crippen molar-refractivity contribution in [3.63, 3.8) is 0 Å². The molecular weight excluding hydrogens is 350 g/mol. The van der Waals surface area contributed by atoms with Crippen LogP contribution in [0.15, 0.2) is 30.3 Å². The lowest BCUT2D eigenvalue weighted by Crippen LogP contribution is -2.53. The maximum absolute atomic E-state index is 12.9. The number of thioether (sulfide) groups is 1. The molecule has 2 rings (SSSR count). The lowest BCUT2D eigenvalue weighted by atomic mass is 9.80. The quantitative estimate of drug-likeness (QED) is 0.563. The maximum atomic E-state index is 12.9. The van der Waals surface area contributed by atoms with Crippen LogP contribution in [0.5, 0.6) is 0 Å². The van der Waals surface area contributed by atoms with Crippen LogP contribution in [0.4, 0.5) is 0 Å². The fourth-order valence-electron chi connectivity index (χ4n) is 3.20. The van der Waals surface area contributed by atoms with Crippen molar-refractivity contribution in [2.24, 2.45) is 0 Å². The summed E-state index contributed by atoms with van der Waals surface area (Å²) in [7, 11) is 0. The molecule has 0 saturated carbocycles. The van der Waals surface area contributed by atoms with E-state index in [9.17, 15) is 14.4 Å². The Bertz CT molecular complexity index is 684. The van der Waals surface area contributed by atoms with Gasteiger partial charge in [-0.1, -0.05) is 44.2 Å². The van der Waals surface area contributed by atoms with Gasteiger partial charge in [0.1, 0.15) is 6.04 Å². The third kappa shape index (κ3) is 4.29. The Morgan fingerprint density at radius 2 is 1.85 bits per heavy atom. The Morgan fingerprint density at radius 1 is 1.23 bits per heavy atom. The van der Waals surface area contributed by atoms with Crippen molar-refractivity contribution in [3.8, 4) is 0 Å². The van der Waals surface area contributed by atoms with Gasteiger partial charge in [-0.2, -0.15) is 0 Å². The number of benzene rings is 1. The number of ether oxygens (including phenoxy) is 1. The molecule has 6 heteroatoms. The SMILES string of the molecule is CCOC(=O)[C@@H]1CSC(C)(C)N1C(=O)C(=O)CC(C)(C)c1ccccc1. The smallest absolute Gasteiger partial charge is 0.329 e. The van der Waals surface area contributed by atoms with Gasteiger partial charge in [-0.05, 0) is 31.7 Å². The van der Waals surface area contributed by atoms with Gasteiger partial charge < -0.3 is 9.64 Å². The number of amides is 1. The Balaban J connectivity index is 2.19. The number of nitrogens with zero attached hydrogens (tertiary/aromatic N) is 1. The van der Waals surface area contributed by atoms with E-state index in [1.807, 2.05) is 58.0 Å². The molecule has 1 saturated heterocycles. The summed E-state index contributed by atoms with van der Waals surface area (Å²) in [6.45, 7) is 9.57. The number of esters is 1. The molecule has 1 atom stereocenters. The highest BCUT2D eigenvalue weighted by atomic mass is 32.2. The van der Waals surface area contributed by atoms with Gasteiger partial charge in [-0.15, -0.1) is 11.8 Å². The molecule has 0 aromatic heterocycles. The monoisotopic (exact) mass is 377 g/mol. The van der Waals surface area contributed by atoms with Crippen molar-refractivity contribution < 1.29 is 19.1 Å². The first-order chi connectivity index (χ1) is 12.1. The van der Waals surface area contributed by atoms with E-state index in [4.69, 9.17) is 4.74 Å². The second kappa shape index (κ2) is 7.82. The van der Waals surface area contributed by atoms with Gasteiger partial charge >= 0.3 is 5.97 Å². The van der Waals surface area contributed by atoms with Crippen LogP contribution in [0, 0.1) is 0 Å². The number of hydrogen-bond donors (Lipinski definition) is 0. The molecule has 26 heavy (non-hydrogen) atoms. The normalized spacial score (nSPS) is 19.3. The van der Waals surface area contributed by atoms with E-state index >= 15 is 0 Å². The minimum Gasteiger partial charge on any atom is -0.464 e. The molecular formula is C20H27NO4S. The van der Waals surface area contributed by atoms with Crippen LogP contribution in [0.1, 0.15) is 46.6 Å². The molecule has 0 N–H and O–H groups in total. The summed E-state index contributed by atoms with van der Waals surface area (Å²) < 4.78 is 5.09. The first-order valence-electron chi connectivity index (χ1n) is 8.83. The summed E-state index contributed by atoms with van der Waals surface area (Å²) in [6, 6.07) is 8.94. The number of carbonyl (C=O) groups is 3. The molecule has 0 bridgehead atoms. The zero-order valence-corrected chi connectivity index (χ0v) is 16.9. The van der Waals surface area contributed by atoms with E-state index in [1.54, 1.807) is 6.92 Å². The van der Waals surface area contributed by atoms with Gasteiger partial charge in [0.25, 0.3) is 5.91 Å². The van der Waals surface area contributed by atoms with Crippen molar-refractivity contribution in [3.05, 3.63) is 35.9 Å². The van der Waals surface area contributed by atoms with E-state index in [0.717, 1.165) is 5.56 Å². The fraction of sp³-hybridized carbons (Fsp3) is 0.550. The minimum atomic E-state index is -0.716. The number of carbonyl (C=O) groups excluding carboxylic acids is 3. The summed E-state index contributed by atoms with van der Waals surface area (Å²) >= 11 is 1.48. The third-order valence-corrected chi connectivity index (χ3v) is 6.05. The van der Waals surface area contributed by atoms with Crippen LogP contribution in [0.3, 0.4) is 0 Å². The average molecular weight is 378 g/mol. The predicted molar refractivity (Wildman–Crippen MR) is 103 cm³/mol. The van der Waals surface area contributed by atoms with Crippen LogP contribution in [-0.4, -0.2) is 45.8 Å². The molecule has 1 aliphatic heterocycles. The summed E-state index contributed by atoms with van der Waals surface area (Å²) in [4.78, 5) is 38.7. The van der Waals surface area contributed by atoms with Crippen molar-refractivity contribution >= 4 is 29.4 Å². The highest BCUT2D eigenvalue weighted by Gasteiger charge is 2.49. The van der Waals surface area contributed by atoms with Crippen LogP contribution < -0.4 is 0 Å². The lowest BCUT2D eigenvalue weighted by molar-refractivity contribution is -0.157. The highest BCUT2D eigenvalue weighted by Crippen LogP contribution is 2.40. The first-order valence-corrected chi connectivity index (χ1v) is 9.81. The van der Waals surface area contributed by atoms with Crippen LogP contribution in [0.2, 0.25) is 0 Å². The van der Waals surface area contributed by atoms with Crippen molar-refractivity contribution in [2.75, 3.05) is 12.4 Å². The van der Waals surface area contributed by atoms with Gasteiger partial charge in [0, 0.05) is 12.2 Å². The molecule has 0 radical (unpaired) electrons. The van der Waals surface area contributed by atoms with E-state index in [2.05, 4.69) is 0 Å². The molecule has 1 fully saturated rings. The largest absolute Gasteiger partial charge is 0.464 e. The Kier molecular flexibility index (Phi) is 6.17. The van der Waals surface area contributed by atoms with Crippen LogP contribution in [-0.2, 0) is 24.5 Å². The summed E-state index contributed by atoms with van der Waals surface area (Å²) in [5.41, 5.74) is 0.530. The molecule has 1 aromatic rings. The molecule has 1 heterocycles. The van der Waals surface area contributed by atoms with Gasteiger partial charge in [0.05, 0.1) is 11.5 Å². The fourth-order valence-corrected chi connectivity index (χ4v) is 4.40. The molecule has 0 aliphatic carbocycles. The molecule has 0 unspecified atom stereocenters. The Morgan fingerprint density at radius 3 is 2.42 bits per heavy atom. The molecule has 1 aromatic carbocycles. The Hall–Kier alpha value is -1.82. The summed E-state index contributed by atoms with van der Waals surface area (Å²) in [5.74, 6) is -1.10. The van der Waals surface area contributed by atoms with E-state index in [0.29, 0.717) is 5.75 Å². The molecule has 0 spiro atoms. The van der Waals surface area contributed by atoms with Crippen molar-refractivity contribution in [2.45, 2.75) is 57.4 Å². The zero-order valence-electron chi connectivity index (χ0n) is 16.1. The van der Waals surface area contributed by atoms with Crippen molar-refractivity contribution in [1.82, 2.24) is 4.90 Å².